The molecule has 1 aromatic carbocycles. The molecule has 0 aliphatic carbocycles. The summed E-state index contributed by atoms with van der Waals surface area (Å²) in [7, 11) is -3.27. The molecule has 0 bridgehead atoms. The molecule has 130 valence electrons. The van der Waals surface area contributed by atoms with Crippen LogP contribution < -0.4 is 4.90 Å². The van der Waals surface area contributed by atoms with Crippen LogP contribution in [-0.2, 0) is 9.84 Å². The average molecular weight is 357 g/mol. The lowest BCUT2D eigenvalue weighted by atomic mass is 9.93. The zero-order chi connectivity index (χ0) is 17.4. The van der Waals surface area contributed by atoms with Crippen LogP contribution in [0.4, 0.5) is 5.82 Å². The van der Waals surface area contributed by atoms with Crippen LogP contribution in [-0.4, -0.2) is 47.9 Å². The Morgan fingerprint density at radius 2 is 1.96 bits per heavy atom. The molecule has 0 atom stereocenters. The summed E-state index contributed by atoms with van der Waals surface area (Å²) in [4.78, 5) is 11.2. The Balaban J connectivity index is 1.65. The number of nitrogens with one attached hydrogen (secondary N) is 1. The summed E-state index contributed by atoms with van der Waals surface area (Å²) in [6.07, 6.45) is 6.54. The number of piperidine rings is 1. The molecule has 25 heavy (non-hydrogen) atoms. The summed E-state index contributed by atoms with van der Waals surface area (Å²) >= 11 is 0. The Labute approximate surface area is 146 Å². The Bertz CT molecular complexity index is 993. The zero-order valence-corrected chi connectivity index (χ0v) is 14.7. The molecule has 1 fully saturated rings. The molecule has 1 aliphatic rings. The lowest BCUT2D eigenvalue weighted by Gasteiger charge is -2.32. The van der Waals surface area contributed by atoms with Crippen molar-refractivity contribution in [1.29, 1.82) is 0 Å². The highest BCUT2D eigenvalue weighted by atomic mass is 32.2. The number of anilines is 1. The van der Waals surface area contributed by atoms with Gasteiger partial charge in [-0.05, 0) is 37.1 Å². The van der Waals surface area contributed by atoms with E-state index in [0.29, 0.717) is 10.8 Å². The lowest BCUT2D eigenvalue weighted by Crippen LogP contribution is -2.33. The quantitative estimate of drug-likeness (QED) is 0.772. The maximum atomic E-state index is 11.9. The van der Waals surface area contributed by atoms with E-state index in [0.717, 1.165) is 42.7 Å². The van der Waals surface area contributed by atoms with Gasteiger partial charge < -0.3 is 4.90 Å². The van der Waals surface area contributed by atoms with E-state index in [-0.39, 0.29) is 0 Å². The monoisotopic (exact) mass is 357 g/mol. The van der Waals surface area contributed by atoms with Crippen molar-refractivity contribution in [3.8, 4) is 0 Å². The number of H-pyrrole nitrogens is 1. The summed E-state index contributed by atoms with van der Waals surface area (Å²) in [6.45, 7) is 1.72. The number of hydrogen-bond donors (Lipinski definition) is 1. The number of fused-ring (bicyclic) bond motifs is 1. The fourth-order valence-electron chi connectivity index (χ4n) is 3.40. The second-order valence-electron chi connectivity index (χ2n) is 6.42. The Kier molecular flexibility index (Phi) is 3.91. The van der Waals surface area contributed by atoms with Crippen LogP contribution in [0.2, 0.25) is 0 Å². The van der Waals surface area contributed by atoms with Gasteiger partial charge in [-0.25, -0.2) is 18.4 Å². The van der Waals surface area contributed by atoms with E-state index in [1.54, 1.807) is 30.7 Å². The molecular weight excluding hydrogens is 338 g/mol. The first-order chi connectivity index (χ1) is 12.0. The summed E-state index contributed by atoms with van der Waals surface area (Å²) in [5, 5.41) is 7.87. The van der Waals surface area contributed by atoms with Crippen LogP contribution in [0.15, 0.2) is 41.7 Å². The van der Waals surface area contributed by atoms with Gasteiger partial charge in [-0.3, -0.25) is 5.10 Å². The fraction of sp³-hybridized carbons (Fsp3) is 0.353. The molecule has 2 aromatic heterocycles. The molecule has 3 aromatic rings. The molecule has 3 heterocycles. The first-order valence-corrected chi connectivity index (χ1v) is 10.1. The third-order valence-corrected chi connectivity index (χ3v) is 5.88. The van der Waals surface area contributed by atoms with Crippen molar-refractivity contribution in [1.82, 2.24) is 20.2 Å². The van der Waals surface area contributed by atoms with Crippen LogP contribution >= 0.6 is 0 Å². The van der Waals surface area contributed by atoms with Crippen molar-refractivity contribution in [2.75, 3.05) is 24.2 Å². The van der Waals surface area contributed by atoms with Crippen molar-refractivity contribution < 1.29 is 8.42 Å². The maximum Gasteiger partial charge on any atom is 0.175 e. The van der Waals surface area contributed by atoms with Gasteiger partial charge in [0.2, 0.25) is 0 Å². The highest BCUT2D eigenvalue weighted by molar-refractivity contribution is 7.90. The lowest BCUT2D eigenvalue weighted by molar-refractivity contribution is 0.494. The van der Waals surface area contributed by atoms with Gasteiger partial charge in [-0.2, -0.15) is 5.10 Å². The van der Waals surface area contributed by atoms with Crippen LogP contribution in [0, 0.1) is 0 Å². The average Bonchev–Trinajstić information content (AvgIpc) is 3.15. The van der Waals surface area contributed by atoms with Crippen LogP contribution in [0.5, 0.6) is 0 Å². The van der Waals surface area contributed by atoms with E-state index >= 15 is 0 Å². The summed E-state index contributed by atoms with van der Waals surface area (Å²) in [6, 6.07) is 7.05. The summed E-state index contributed by atoms with van der Waals surface area (Å²) in [5.41, 5.74) is 1.93. The van der Waals surface area contributed by atoms with Crippen molar-refractivity contribution in [2.45, 2.75) is 23.7 Å². The molecule has 1 N–H and O–H groups in total. The van der Waals surface area contributed by atoms with Gasteiger partial charge in [0.05, 0.1) is 10.4 Å². The minimum atomic E-state index is -3.27. The van der Waals surface area contributed by atoms with Crippen LogP contribution in [0.3, 0.4) is 0 Å². The molecule has 0 saturated carbocycles. The molecule has 7 nitrogen and oxygen atoms in total. The van der Waals surface area contributed by atoms with Gasteiger partial charge >= 0.3 is 0 Å². The maximum absolute atomic E-state index is 11.9. The third-order valence-electron chi connectivity index (χ3n) is 4.77. The van der Waals surface area contributed by atoms with Gasteiger partial charge in [0.25, 0.3) is 0 Å². The minimum Gasteiger partial charge on any atom is -0.356 e. The van der Waals surface area contributed by atoms with Crippen molar-refractivity contribution >= 4 is 26.6 Å². The Morgan fingerprint density at radius 1 is 1.16 bits per heavy atom. The van der Waals surface area contributed by atoms with Crippen molar-refractivity contribution in [3.05, 3.63) is 42.5 Å². The van der Waals surface area contributed by atoms with E-state index in [1.807, 2.05) is 6.07 Å². The van der Waals surface area contributed by atoms with E-state index in [1.165, 1.54) is 11.9 Å². The molecule has 0 radical (unpaired) electrons. The third kappa shape index (κ3) is 3.09. The van der Waals surface area contributed by atoms with E-state index in [4.69, 9.17) is 0 Å². The number of nitrogens with zero attached hydrogens (tertiary/aromatic N) is 4. The highest BCUT2D eigenvalue weighted by Gasteiger charge is 2.24. The van der Waals surface area contributed by atoms with E-state index < -0.39 is 9.84 Å². The summed E-state index contributed by atoms with van der Waals surface area (Å²) in [5.74, 6) is 1.27. The molecule has 1 saturated heterocycles. The van der Waals surface area contributed by atoms with Gasteiger partial charge in [0, 0.05) is 42.5 Å². The first kappa shape index (κ1) is 16.0. The predicted molar refractivity (Wildman–Crippen MR) is 95.4 cm³/mol. The molecule has 0 amide bonds. The second kappa shape index (κ2) is 6.11. The van der Waals surface area contributed by atoms with Gasteiger partial charge in [0.1, 0.15) is 12.1 Å². The minimum absolute atomic E-state index is 0.295. The Hall–Kier alpha value is -2.48. The SMILES string of the molecule is CS(=O)(=O)c1ccc2ncnc(N3CCC(c4ccn[nH]4)CC3)c2c1. The zero-order valence-electron chi connectivity index (χ0n) is 13.9. The van der Waals surface area contributed by atoms with Crippen LogP contribution in [0.1, 0.15) is 24.5 Å². The van der Waals surface area contributed by atoms with E-state index in [2.05, 4.69) is 25.1 Å². The number of aromatic nitrogens is 4. The normalized spacial score (nSPS) is 16.4. The smallest absolute Gasteiger partial charge is 0.175 e. The van der Waals surface area contributed by atoms with Crippen LogP contribution in [0.25, 0.3) is 10.9 Å². The molecular formula is C17H19N5O2S. The Morgan fingerprint density at radius 3 is 2.64 bits per heavy atom. The van der Waals surface area contributed by atoms with Crippen molar-refractivity contribution in [2.24, 2.45) is 0 Å². The van der Waals surface area contributed by atoms with Gasteiger partial charge in [-0.15, -0.1) is 0 Å². The number of sulfone groups is 1. The second-order valence-corrected chi connectivity index (χ2v) is 8.44. The van der Waals surface area contributed by atoms with Gasteiger partial charge in [-0.1, -0.05) is 0 Å². The number of aromatic amines is 1. The molecule has 0 unspecified atom stereocenters. The molecule has 0 spiro atoms. The highest BCUT2D eigenvalue weighted by Crippen LogP contribution is 2.32. The van der Waals surface area contributed by atoms with Crippen molar-refractivity contribution in [3.63, 3.8) is 0 Å². The van der Waals surface area contributed by atoms with E-state index in [9.17, 15) is 8.42 Å². The predicted octanol–water partition coefficient (Wildman–Crippen LogP) is 2.14. The summed E-state index contributed by atoms with van der Waals surface area (Å²) < 4.78 is 23.7. The molecule has 1 aliphatic heterocycles. The largest absolute Gasteiger partial charge is 0.356 e. The topological polar surface area (TPSA) is 91.8 Å². The van der Waals surface area contributed by atoms with Gasteiger partial charge in [0.15, 0.2) is 9.84 Å². The molecule has 8 heteroatoms. The molecule has 4 rings (SSSR count). The first-order valence-electron chi connectivity index (χ1n) is 8.21. The number of benzene rings is 1. The number of rotatable bonds is 3. The number of hydrogen-bond acceptors (Lipinski definition) is 6. The standard InChI is InChI=1S/C17H19N5O2S/c1-25(23,24)13-2-3-16-14(10-13)17(19-11-18-16)22-8-5-12(6-9-22)15-4-7-20-21-15/h2-4,7,10-12H,5-6,8-9H2,1H3,(H,20,21). The fourth-order valence-corrected chi connectivity index (χ4v) is 4.05.